The van der Waals surface area contributed by atoms with E-state index < -0.39 is 5.54 Å². The van der Waals surface area contributed by atoms with Crippen molar-refractivity contribution in [2.75, 3.05) is 7.05 Å². The van der Waals surface area contributed by atoms with Crippen LogP contribution in [0.5, 0.6) is 0 Å². The van der Waals surface area contributed by atoms with Crippen LogP contribution in [0.3, 0.4) is 0 Å². The van der Waals surface area contributed by atoms with Gasteiger partial charge in [-0.1, -0.05) is 53.4 Å². The van der Waals surface area contributed by atoms with Gasteiger partial charge in [-0.05, 0) is 24.5 Å². The minimum Gasteiger partial charge on any atom is -0.340 e. The SMILES string of the molecule is CN(Cc1ccccc1Br)C(=O)C1(N)CCCCC1.Cl. The van der Waals surface area contributed by atoms with Crippen molar-refractivity contribution >= 4 is 34.2 Å². The van der Waals surface area contributed by atoms with Crippen molar-refractivity contribution in [3.8, 4) is 0 Å². The van der Waals surface area contributed by atoms with Crippen LogP contribution in [0.25, 0.3) is 0 Å². The second kappa shape index (κ2) is 7.43. The molecule has 2 rings (SSSR count). The molecule has 1 aromatic rings. The molecule has 5 heteroatoms. The fraction of sp³-hybridized carbons (Fsp3) is 0.533. The Labute approximate surface area is 135 Å². The summed E-state index contributed by atoms with van der Waals surface area (Å²) in [5.41, 5.74) is 6.76. The molecule has 0 heterocycles. The van der Waals surface area contributed by atoms with Crippen LogP contribution in [-0.4, -0.2) is 23.4 Å². The predicted molar refractivity (Wildman–Crippen MR) is 87.9 cm³/mol. The molecular formula is C15H22BrClN2O. The zero-order valence-electron chi connectivity index (χ0n) is 11.8. The van der Waals surface area contributed by atoms with E-state index in [1.807, 2.05) is 31.3 Å². The largest absolute Gasteiger partial charge is 0.340 e. The van der Waals surface area contributed by atoms with Crippen molar-refractivity contribution in [3.63, 3.8) is 0 Å². The average Bonchev–Trinajstić information content (AvgIpc) is 2.41. The summed E-state index contributed by atoms with van der Waals surface area (Å²) in [6.45, 7) is 0.596. The van der Waals surface area contributed by atoms with Crippen LogP contribution in [0.2, 0.25) is 0 Å². The van der Waals surface area contributed by atoms with Gasteiger partial charge in [-0.25, -0.2) is 0 Å². The van der Waals surface area contributed by atoms with Crippen LogP contribution in [0.15, 0.2) is 28.7 Å². The Balaban J connectivity index is 0.00000200. The quantitative estimate of drug-likeness (QED) is 0.895. The standard InChI is InChI=1S/C15H21BrN2O.ClH/c1-18(11-12-7-3-4-8-13(12)16)14(19)15(17)9-5-2-6-10-15;/h3-4,7-8H,2,5-6,9-11,17H2,1H3;1H. The number of rotatable bonds is 3. The molecule has 1 aliphatic carbocycles. The number of carbonyl (C=O) groups is 1. The second-order valence-electron chi connectivity index (χ2n) is 5.47. The van der Waals surface area contributed by atoms with Gasteiger partial charge in [0.2, 0.25) is 5.91 Å². The van der Waals surface area contributed by atoms with Gasteiger partial charge in [0, 0.05) is 18.1 Å². The molecule has 112 valence electrons. The highest BCUT2D eigenvalue weighted by Crippen LogP contribution is 2.28. The van der Waals surface area contributed by atoms with Gasteiger partial charge in [0.1, 0.15) is 0 Å². The molecule has 3 nitrogen and oxygen atoms in total. The van der Waals surface area contributed by atoms with Gasteiger partial charge in [-0.2, -0.15) is 0 Å². The zero-order chi connectivity index (χ0) is 13.9. The number of benzene rings is 1. The summed E-state index contributed by atoms with van der Waals surface area (Å²) in [7, 11) is 1.84. The van der Waals surface area contributed by atoms with Gasteiger partial charge in [0.05, 0.1) is 5.54 Å². The first kappa shape index (κ1) is 17.5. The summed E-state index contributed by atoms with van der Waals surface area (Å²) in [4.78, 5) is 14.3. The Hall–Kier alpha value is -0.580. The number of halogens is 2. The summed E-state index contributed by atoms with van der Waals surface area (Å²) in [5, 5.41) is 0. The molecule has 0 aromatic heterocycles. The number of hydrogen-bond donors (Lipinski definition) is 1. The highest BCUT2D eigenvalue weighted by molar-refractivity contribution is 9.10. The van der Waals surface area contributed by atoms with E-state index in [9.17, 15) is 4.79 Å². The Bertz CT molecular complexity index is 461. The molecule has 1 aliphatic rings. The highest BCUT2D eigenvalue weighted by atomic mass is 79.9. The Kier molecular flexibility index (Phi) is 6.49. The van der Waals surface area contributed by atoms with E-state index in [4.69, 9.17) is 5.73 Å². The van der Waals surface area contributed by atoms with Crippen LogP contribution in [0, 0.1) is 0 Å². The molecule has 0 unspecified atom stereocenters. The number of carbonyl (C=O) groups excluding carboxylic acids is 1. The third-order valence-electron chi connectivity index (χ3n) is 3.88. The third kappa shape index (κ3) is 3.96. The van der Waals surface area contributed by atoms with Gasteiger partial charge in [0.15, 0.2) is 0 Å². The van der Waals surface area contributed by atoms with Crippen molar-refractivity contribution in [2.24, 2.45) is 5.73 Å². The zero-order valence-corrected chi connectivity index (χ0v) is 14.2. The van der Waals surface area contributed by atoms with E-state index in [-0.39, 0.29) is 18.3 Å². The van der Waals surface area contributed by atoms with Gasteiger partial charge < -0.3 is 10.6 Å². The van der Waals surface area contributed by atoms with Crippen LogP contribution >= 0.6 is 28.3 Å². The maximum Gasteiger partial charge on any atom is 0.242 e. The van der Waals surface area contributed by atoms with E-state index in [2.05, 4.69) is 15.9 Å². The van der Waals surface area contributed by atoms with Crippen molar-refractivity contribution in [1.29, 1.82) is 0 Å². The first-order chi connectivity index (χ1) is 9.03. The van der Waals surface area contributed by atoms with Crippen LogP contribution < -0.4 is 5.73 Å². The normalized spacial score (nSPS) is 17.1. The number of nitrogens with zero attached hydrogens (tertiary/aromatic N) is 1. The first-order valence-corrected chi connectivity index (χ1v) is 7.60. The molecule has 1 saturated carbocycles. The van der Waals surface area contributed by atoms with E-state index >= 15 is 0 Å². The third-order valence-corrected chi connectivity index (χ3v) is 4.66. The van der Waals surface area contributed by atoms with Crippen LogP contribution in [-0.2, 0) is 11.3 Å². The number of likely N-dealkylation sites (N-methyl/N-ethyl adjacent to an activating group) is 1. The highest BCUT2D eigenvalue weighted by Gasteiger charge is 2.37. The minimum atomic E-state index is -0.645. The van der Waals surface area contributed by atoms with E-state index in [1.165, 1.54) is 6.42 Å². The molecule has 1 aromatic carbocycles. The molecule has 0 radical (unpaired) electrons. The summed E-state index contributed by atoms with van der Waals surface area (Å²) < 4.78 is 1.03. The molecule has 0 aliphatic heterocycles. The van der Waals surface area contributed by atoms with E-state index in [0.717, 1.165) is 35.7 Å². The molecule has 1 fully saturated rings. The monoisotopic (exact) mass is 360 g/mol. The smallest absolute Gasteiger partial charge is 0.242 e. The number of hydrogen-bond acceptors (Lipinski definition) is 2. The van der Waals surface area contributed by atoms with Gasteiger partial charge in [-0.15, -0.1) is 12.4 Å². The summed E-state index contributed by atoms with van der Waals surface area (Å²) in [5.74, 6) is 0.0722. The molecule has 0 bridgehead atoms. The van der Waals surface area contributed by atoms with Crippen molar-refractivity contribution < 1.29 is 4.79 Å². The van der Waals surface area contributed by atoms with E-state index in [0.29, 0.717) is 6.54 Å². The minimum absolute atomic E-state index is 0. The van der Waals surface area contributed by atoms with Gasteiger partial charge >= 0.3 is 0 Å². The lowest BCUT2D eigenvalue weighted by molar-refractivity contribution is -0.137. The average molecular weight is 362 g/mol. The van der Waals surface area contributed by atoms with Crippen molar-refractivity contribution in [3.05, 3.63) is 34.3 Å². The lowest BCUT2D eigenvalue weighted by Crippen LogP contribution is -2.55. The molecular weight excluding hydrogens is 340 g/mol. The summed E-state index contributed by atoms with van der Waals surface area (Å²) in [6.07, 6.45) is 4.94. The second-order valence-corrected chi connectivity index (χ2v) is 6.32. The van der Waals surface area contributed by atoms with Gasteiger partial charge in [-0.3, -0.25) is 4.79 Å². The molecule has 0 saturated heterocycles. The molecule has 20 heavy (non-hydrogen) atoms. The Morgan fingerprint density at radius 2 is 1.90 bits per heavy atom. The topological polar surface area (TPSA) is 46.3 Å². The van der Waals surface area contributed by atoms with Crippen molar-refractivity contribution in [2.45, 2.75) is 44.2 Å². The van der Waals surface area contributed by atoms with Crippen LogP contribution in [0.1, 0.15) is 37.7 Å². The molecule has 2 N–H and O–H groups in total. The fourth-order valence-corrected chi connectivity index (χ4v) is 3.14. The molecule has 0 atom stereocenters. The van der Waals surface area contributed by atoms with Gasteiger partial charge in [0.25, 0.3) is 0 Å². The maximum absolute atomic E-state index is 12.5. The molecule has 1 amide bonds. The summed E-state index contributed by atoms with van der Waals surface area (Å²) >= 11 is 3.51. The van der Waals surface area contributed by atoms with E-state index in [1.54, 1.807) is 4.90 Å². The Morgan fingerprint density at radius 3 is 2.50 bits per heavy atom. The maximum atomic E-state index is 12.5. The lowest BCUT2D eigenvalue weighted by atomic mass is 9.81. The number of nitrogens with two attached hydrogens (primary N) is 1. The summed E-state index contributed by atoms with van der Waals surface area (Å²) in [6, 6.07) is 7.97. The lowest BCUT2D eigenvalue weighted by Gasteiger charge is -2.35. The Morgan fingerprint density at radius 1 is 1.30 bits per heavy atom. The van der Waals surface area contributed by atoms with Crippen LogP contribution in [0.4, 0.5) is 0 Å². The molecule has 0 spiro atoms. The first-order valence-electron chi connectivity index (χ1n) is 6.81. The number of amides is 1. The van der Waals surface area contributed by atoms with Crippen molar-refractivity contribution in [1.82, 2.24) is 4.90 Å². The fourth-order valence-electron chi connectivity index (χ4n) is 2.73. The predicted octanol–water partition coefficient (Wildman–Crippen LogP) is 3.49.